The second kappa shape index (κ2) is 8.42. The highest BCUT2D eigenvalue weighted by molar-refractivity contribution is 7.92. The van der Waals surface area contributed by atoms with Crippen LogP contribution in [-0.2, 0) is 23.0 Å². The summed E-state index contributed by atoms with van der Waals surface area (Å²) in [5, 5.41) is 3.72. The molecule has 10 heteroatoms. The van der Waals surface area contributed by atoms with Gasteiger partial charge in [0.2, 0.25) is 10.0 Å². The zero-order chi connectivity index (χ0) is 26.9. The summed E-state index contributed by atoms with van der Waals surface area (Å²) in [6, 6.07) is 14.1. The molecule has 0 bridgehead atoms. The lowest BCUT2D eigenvalue weighted by atomic mass is 9.99. The highest BCUT2D eigenvalue weighted by Crippen LogP contribution is 2.40. The maximum absolute atomic E-state index is 14.6. The van der Waals surface area contributed by atoms with E-state index in [1.807, 2.05) is 24.3 Å². The molecule has 1 amide bonds. The highest BCUT2D eigenvalue weighted by atomic mass is 32.2. The van der Waals surface area contributed by atoms with Crippen LogP contribution in [0, 0.1) is 12.7 Å². The Morgan fingerprint density at radius 3 is 2.68 bits per heavy atom. The first kappa shape index (κ1) is 24.2. The van der Waals surface area contributed by atoms with Gasteiger partial charge in [-0.15, -0.1) is 0 Å². The van der Waals surface area contributed by atoms with Gasteiger partial charge >= 0.3 is 0 Å². The monoisotopic (exact) mass is 532 g/mol. The van der Waals surface area contributed by atoms with Crippen LogP contribution in [0.25, 0.3) is 44.5 Å². The molecule has 0 spiro atoms. The van der Waals surface area contributed by atoms with Crippen molar-refractivity contribution in [2.75, 3.05) is 24.7 Å². The average Bonchev–Trinajstić information content (AvgIpc) is 3.44. The molecule has 1 aliphatic rings. The molecule has 1 aliphatic heterocycles. The third-order valence-electron chi connectivity index (χ3n) is 7.27. The average molecular weight is 533 g/mol. The number of rotatable bonds is 4. The first-order valence-electron chi connectivity index (χ1n) is 12.1. The van der Waals surface area contributed by atoms with E-state index in [2.05, 4.69) is 9.88 Å². The van der Waals surface area contributed by atoms with Gasteiger partial charge in [-0.3, -0.25) is 9.10 Å². The number of nitrogens with one attached hydrogen (secondary N) is 1. The van der Waals surface area contributed by atoms with Gasteiger partial charge in [0.25, 0.3) is 5.91 Å². The Kier molecular flexibility index (Phi) is 5.36. The van der Waals surface area contributed by atoms with Gasteiger partial charge in [-0.25, -0.2) is 17.8 Å². The summed E-state index contributed by atoms with van der Waals surface area (Å²) in [4.78, 5) is 17.6. The van der Waals surface area contributed by atoms with E-state index in [9.17, 15) is 17.6 Å². The molecule has 2 aromatic carbocycles. The van der Waals surface area contributed by atoms with Crippen molar-refractivity contribution in [3.05, 3.63) is 71.2 Å². The Labute approximate surface area is 218 Å². The molecule has 0 atom stereocenters. The van der Waals surface area contributed by atoms with E-state index in [0.717, 1.165) is 29.5 Å². The number of amides is 1. The van der Waals surface area contributed by atoms with E-state index in [0.29, 0.717) is 56.9 Å². The number of halogens is 1. The fourth-order valence-corrected chi connectivity index (χ4v) is 5.79. The van der Waals surface area contributed by atoms with Crippen LogP contribution in [0.5, 0.6) is 0 Å². The van der Waals surface area contributed by atoms with Gasteiger partial charge in [-0.1, -0.05) is 12.1 Å². The molecule has 0 saturated carbocycles. The van der Waals surface area contributed by atoms with Gasteiger partial charge < -0.3 is 14.3 Å². The maximum atomic E-state index is 14.6. The molecule has 38 heavy (non-hydrogen) atoms. The molecule has 4 heterocycles. The Morgan fingerprint density at radius 2 is 1.95 bits per heavy atom. The number of nitrogens with zero attached hydrogens (tertiary/aromatic N) is 3. The summed E-state index contributed by atoms with van der Waals surface area (Å²) >= 11 is 0. The van der Waals surface area contributed by atoms with E-state index < -0.39 is 10.0 Å². The van der Waals surface area contributed by atoms with Crippen molar-refractivity contribution in [2.24, 2.45) is 0 Å². The number of aryl methyl sites for hydroxylation is 3. The minimum absolute atomic E-state index is 0.290. The number of aromatic nitrogens is 2. The number of carbonyl (C=O) groups excluding carboxylic acids is 1. The van der Waals surface area contributed by atoms with E-state index in [1.165, 1.54) is 17.4 Å². The Hall–Kier alpha value is -4.18. The van der Waals surface area contributed by atoms with Crippen LogP contribution in [0.4, 0.5) is 10.1 Å². The van der Waals surface area contributed by atoms with Crippen LogP contribution in [0.2, 0.25) is 0 Å². The van der Waals surface area contributed by atoms with Crippen molar-refractivity contribution < 1.29 is 22.0 Å². The van der Waals surface area contributed by atoms with Crippen molar-refractivity contribution in [1.82, 2.24) is 14.9 Å². The number of sulfonamides is 1. The summed E-state index contributed by atoms with van der Waals surface area (Å²) in [6.45, 7) is 2.40. The number of pyridine rings is 1. The SMILES string of the molecule is CNC(=O)c1c(C)oc2cc(N(C)S(C)(=O)=O)c(-c3ccc4c(n3)-c3cc5c(F)cccc5n3CC4)cc12. The topological polar surface area (TPSA) is 97.4 Å². The molecule has 1 N–H and O–H groups in total. The molecule has 0 aliphatic carbocycles. The Morgan fingerprint density at radius 1 is 1.16 bits per heavy atom. The molecule has 3 aromatic heterocycles. The second-order valence-electron chi connectivity index (χ2n) is 9.52. The van der Waals surface area contributed by atoms with Crippen LogP contribution < -0.4 is 9.62 Å². The second-order valence-corrected chi connectivity index (χ2v) is 11.5. The Bertz CT molecular complexity index is 1910. The minimum Gasteiger partial charge on any atom is -0.460 e. The molecule has 5 aromatic rings. The predicted octanol–water partition coefficient (Wildman–Crippen LogP) is 4.88. The largest absolute Gasteiger partial charge is 0.460 e. The van der Waals surface area contributed by atoms with Crippen LogP contribution in [-0.4, -0.2) is 44.2 Å². The molecule has 0 saturated heterocycles. The molecule has 8 nitrogen and oxygen atoms in total. The number of fused-ring (bicyclic) bond motifs is 6. The first-order valence-corrected chi connectivity index (χ1v) is 13.9. The van der Waals surface area contributed by atoms with Crippen LogP contribution in [0.3, 0.4) is 0 Å². The van der Waals surface area contributed by atoms with Crippen molar-refractivity contribution in [2.45, 2.75) is 19.9 Å². The molecule has 6 rings (SSSR count). The van der Waals surface area contributed by atoms with Crippen molar-refractivity contribution in [3.63, 3.8) is 0 Å². The van der Waals surface area contributed by atoms with E-state index in [4.69, 9.17) is 9.40 Å². The van der Waals surface area contributed by atoms with Gasteiger partial charge in [0.1, 0.15) is 17.2 Å². The lowest BCUT2D eigenvalue weighted by Gasteiger charge is -2.23. The van der Waals surface area contributed by atoms with Gasteiger partial charge in [0, 0.05) is 43.0 Å². The fourth-order valence-electron chi connectivity index (χ4n) is 5.29. The van der Waals surface area contributed by atoms with Gasteiger partial charge in [0.15, 0.2) is 0 Å². The summed E-state index contributed by atoms with van der Waals surface area (Å²) in [5.74, 6) is -0.169. The Balaban J connectivity index is 1.62. The standard InChI is InChI=1S/C28H25FN4O4S/c1-15-26(28(34)30-2)19-12-18(23(14-25(19)37-15)32(3)38(4,35)36)21-9-8-16-10-11-33-22-7-5-6-20(29)17(22)13-24(33)27(16)31-21/h5-9,12-14H,10-11H2,1-4H3,(H,30,34). The lowest BCUT2D eigenvalue weighted by molar-refractivity contribution is 0.0963. The van der Waals surface area contributed by atoms with Gasteiger partial charge in [0.05, 0.1) is 40.1 Å². The van der Waals surface area contributed by atoms with E-state index >= 15 is 0 Å². The number of anilines is 1. The quantitative estimate of drug-likeness (QED) is 0.356. The predicted molar refractivity (Wildman–Crippen MR) is 145 cm³/mol. The summed E-state index contributed by atoms with van der Waals surface area (Å²) < 4.78 is 48.8. The number of carbonyl (C=O) groups is 1. The number of benzene rings is 2. The summed E-state index contributed by atoms with van der Waals surface area (Å²) in [5.41, 5.74) is 5.54. The van der Waals surface area contributed by atoms with Crippen molar-refractivity contribution in [1.29, 1.82) is 0 Å². The molecule has 0 unspecified atom stereocenters. The summed E-state index contributed by atoms with van der Waals surface area (Å²) in [6.07, 6.45) is 1.85. The van der Waals surface area contributed by atoms with Gasteiger partial charge in [-0.2, -0.15) is 0 Å². The van der Waals surface area contributed by atoms with Crippen LogP contribution >= 0.6 is 0 Å². The van der Waals surface area contributed by atoms with Crippen molar-refractivity contribution in [3.8, 4) is 22.6 Å². The number of hydrogen-bond acceptors (Lipinski definition) is 5. The normalized spacial score (nSPS) is 13.0. The zero-order valence-corrected chi connectivity index (χ0v) is 22.1. The molecule has 0 radical (unpaired) electrons. The highest BCUT2D eigenvalue weighted by Gasteiger charge is 2.26. The van der Waals surface area contributed by atoms with E-state index in [-0.39, 0.29) is 11.7 Å². The zero-order valence-electron chi connectivity index (χ0n) is 21.3. The number of furan rings is 1. The molecule has 0 fully saturated rings. The van der Waals surface area contributed by atoms with Gasteiger partial charge in [-0.05, 0) is 49.2 Å². The lowest BCUT2D eigenvalue weighted by Crippen LogP contribution is -2.25. The molecular weight excluding hydrogens is 507 g/mol. The molecular formula is C28H25FN4O4S. The molecule has 194 valence electrons. The summed E-state index contributed by atoms with van der Waals surface area (Å²) in [7, 11) is -0.620. The smallest absolute Gasteiger partial charge is 0.255 e. The first-order chi connectivity index (χ1) is 18.1. The minimum atomic E-state index is -3.63. The van der Waals surface area contributed by atoms with Crippen LogP contribution in [0.15, 0.2) is 52.9 Å². The van der Waals surface area contributed by atoms with E-state index in [1.54, 1.807) is 32.2 Å². The third-order valence-corrected chi connectivity index (χ3v) is 8.46. The van der Waals surface area contributed by atoms with Crippen LogP contribution in [0.1, 0.15) is 21.7 Å². The fraction of sp³-hybridized carbons (Fsp3) is 0.214. The number of hydrogen-bond donors (Lipinski definition) is 1. The third kappa shape index (κ3) is 3.59. The van der Waals surface area contributed by atoms with Crippen molar-refractivity contribution >= 4 is 43.5 Å². The maximum Gasteiger partial charge on any atom is 0.255 e.